The lowest BCUT2D eigenvalue weighted by Crippen LogP contribution is -2.37. The van der Waals surface area contributed by atoms with Crippen molar-refractivity contribution in [3.63, 3.8) is 0 Å². The van der Waals surface area contributed by atoms with E-state index in [1.54, 1.807) is 0 Å². The summed E-state index contributed by atoms with van der Waals surface area (Å²) in [7, 11) is 0. The third kappa shape index (κ3) is 3.20. The third-order valence-electron chi connectivity index (χ3n) is 2.32. The first kappa shape index (κ1) is 13.5. The van der Waals surface area contributed by atoms with E-state index in [9.17, 15) is 23.1 Å². The van der Waals surface area contributed by atoms with Crippen LogP contribution in [0.2, 0.25) is 0 Å². The molecule has 1 rings (SSSR count). The summed E-state index contributed by atoms with van der Waals surface area (Å²) >= 11 is 0. The Kier molecular flexibility index (Phi) is 3.47. The number of carboxylic acid groups (broad SMARTS) is 1. The molecule has 3 nitrogen and oxygen atoms in total. The number of hydrogen-bond donors (Lipinski definition) is 2. The molecular weight excluding hydrogens is 237 g/mol. The Hall–Kier alpha value is -1.56. The molecule has 0 saturated heterocycles. The summed E-state index contributed by atoms with van der Waals surface area (Å²) in [4.78, 5) is 10.7. The van der Waals surface area contributed by atoms with Gasteiger partial charge in [0, 0.05) is 6.42 Å². The second-order valence-electron chi connectivity index (χ2n) is 3.91. The molecular formula is C11H11F3O3. The predicted octanol–water partition coefficient (Wildman–Crippen LogP) is 2.08. The molecule has 94 valence electrons. The fraction of sp³-hybridized carbons (Fsp3) is 0.364. The van der Waals surface area contributed by atoms with E-state index in [1.165, 1.54) is 12.1 Å². The van der Waals surface area contributed by atoms with E-state index in [4.69, 9.17) is 5.11 Å². The SMILES string of the molecule is CC(O)(Cc1ccccc1C(F)(F)F)C(=O)O. The number of halogens is 3. The van der Waals surface area contributed by atoms with Crippen LogP contribution < -0.4 is 0 Å². The molecule has 0 heterocycles. The van der Waals surface area contributed by atoms with Gasteiger partial charge >= 0.3 is 12.1 Å². The van der Waals surface area contributed by atoms with Crippen molar-refractivity contribution in [2.75, 3.05) is 0 Å². The lowest BCUT2D eigenvalue weighted by atomic mass is 9.93. The summed E-state index contributed by atoms with van der Waals surface area (Å²) in [5.74, 6) is -1.56. The molecule has 2 N–H and O–H groups in total. The van der Waals surface area contributed by atoms with Crippen LogP contribution in [0.25, 0.3) is 0 Å². The average Bonchev–Trinajstić information content (AvgIpc) is 2.15. The number of alkyl halides is 3. The van der Waals surface area contributed by atoms with Gasteiger partial charge in [0.2, 0.25) is 0 Å². The molecule has 1 aromatic carbocycles. The first-order valence-electron chi connectivity index (χ1n) is 4.75. The molecule has 0 aliphatic rings. The van der Waals surface area contributed by atoms with Crippen LogP contribution in [0.15, 0.2) is 24.3 Å². The second kappa shape index (κ2) is 4.37. The van der Waals surface area contributed by atoms with Crippen LogP contribution in [0.5, 0.6) is 0 Å². The summed E-state index contributed by atoms with van der Waals surface area (Å²) in [5.41, 5.74) is -3.39. The van der Waals surface area contributed by atoms with Crippen molar-refractivity contribution in [3.8, 4) is 0 Å². The topological polar surface area (TPSA) is 57.5 Å². The van der Waals surface area contributed by atoms with E-state index in [0.717, 1.165) is 19.1 Å². The third-order valence-corrected chi connectivity index (χ3v) is 2.32. The van der Waals surface area contributed by atoms with Gasteiger partial charge in [-0.05, 0) is 18.6 Å². The minimum atomic E-state index is -4.56. The lowest BCUT2D eigenvalue weighted by molar-refractivity contribution is -0.157. The van der Waals surface area contributed by atoms with Gasteiger partial charge in [-0.15, -0.1) is 0 Å². The molecule has 0 radical (unpaired) electrons. The van der Waals surface area contributed by atoms with Gasteiger partial charge in [0.05, 0.1) is 5.56 Å². The van der Waals surface area contributed by atoms with Crippen molar-refractivity contribution < 1.29 is 28.2 Å². The Bertz CT molecular complexity index is 424. The highest BCUT2D eigenvalue weighted by Crippen LogP contribution is 2.33. The Balaban J connectivity index is 3.12. The summed E-state index contributed by atoms with van der Waals surface area (Å²) < 4.78 is 37.8. The van der Waals surface area contributed by atoms with Crippen molar-refractivity contribution in [2.24, 2.45) is 0 Å². The molecule has 17 heavy (non-hydrogen) atoms. The zero-order valence-electron chi connectivity index (χ0n) is 8.95. The number of hydrogen-bond acceptors (Lipinski definition) is 2. The van der Waals surface area contributed by atoms with E-state index in [2.05, 4.69) is 0 Å². The van der Waals surface area contributed by atoms with Gasteiger partial charge in [0.1, 0.15) is 0 Å². The molecule has 0 bridgehead atoms. The smallest absolute Gasteiger partial charge is 0.416 e. The minimum absolute atomic E-state index is 0.243. The van der Waals surface area contributed by atoms with Crippen LogP contribution in [0.1, 0.15) is 18.1 Å². The predicted molar refractivity (Wildman–Crippen MR) is 53.4 cm³/mol. The van der Waals surface area contributed by atoms with Crippen LogP contribution in [-0.2, 0) is 17.4 Å². The fourth-order valence-corrected chi connectivity index (χ4v) is 1.40. The number of benzene rings is 1. The molecule has 0 aliphatic carbocycles. The quantitative estimate of drug-likeness (QED) is 0.861. The maximum absolute atomic E-state index is 12.6. The first-order valence-corrected chi connectivity index (χ1v) is 4.75. The minimum Gasteiger partial charge on any atom is -0.479 e. The molecule has 1 atom stereocenters. The zero-order chi connectivity index (χ0) is 13.3. The molecule has 0 aromatic heterocycles. The van der Waals surface area contributed by atoms with Gasteiger partial charge in [0.25, 0.3) is 0 Å². The van der Waals surface area contributed by atoms with E-state index in [1.807, 2.05) is 0 Å². The van der Waals surface area contributed by atoms with Crippen LogP contribution >= 0.6 is 0 Å². The van der Waals surface area contributed by atoms with Gasteiger partial charge in [-0.3, -0.25) is 0 Å². The number of carbonyl (C=O) groups is 1. The highest BCUT2D eigenvalue weighted by Gasteiger charge is 2.37. The fourth-order valence-electron chi connectivity index (χ4n) is 1.40. The van der Waals surface area contributed by atoms with E-state index in [0.29, 0.717) is 0 Å². The van der Waals surface area contributed by atoms with Gasteiger partial charge in [-0.25, -0.2) is 4.79 Å². The number of aliphatic hydroxyl groups is 1. The normalized spacial score (nSPS) is 15.4. The summed E-state index contributed by atoms with van der Waals surface area (Å²) in [6.07, 6.45) is -5.16. The maximum Gasteiger partial charge on any atom is 0.416 e. The summed E-state index contributed by atoms with van der Waals surface area (Å²) in [6, 6.07) is 4.58. The molecule has 0 saturated carbocycles. The first-order chi connectivity index (χ1) is 7.64. The van der Waals surface area contributed by atoms with Gasteiger partial charge in [0.15, 0.2) is 5.60 Å². The molecule has 1 aromatic rings. The summed E-state index contributed by atoms with van der Waals surface area (Å²) in [5, 5.41) is 18.1. The highest BCUT2D eigenvalue weighted by atomic mass is 19.4. The second-order valence-corrected chi connectivity index (χ2v) is 3.91. The standard InChI is InChI=1S/C11H11F3O3/c1-10(17,9(15)16)6-7-4-2-3-5-8(7)11(12,13)14/h2-5,17H,6H2,1H3,(H,15,16). The number of carboxylic acids is 1. The largest absolute Gasteiger partial charge is 0.479 e. The van der Waals surface area contributed by atoms with E-state index < -0.39 is 29.7 Å². The highest BCUT2D eigenvalue weighted by molar-refractivity contribution is 5.77. The molecule has 0 fully saturated rings. The Morgan fingerprint density at radius 3 is 2.29 bits per heavy atom. The van der Waals surface area contributed by atoms with Gasteiger partial charge < -0.3 is 10.2 Å². The molecule has 0 aliphatic heterocycles. The number of rotatable bonds is 3. The van der Waals surface area contributed by atoms with Crippen molar-refractivity contribution >= 4 is 5.97 Å². The monoisotopic (exact) mass is 248 g/mol. The maximum atomic E-state index is 12.6. The van der Waals surface area contributed by atoms with Crippen molar-refractivity contribution in [3.05, 3.63) is 35.4 Å². The van der Waals surface area contributed by atoms with Crippen molar-refractivity contribution in [1.82, 2.24) is 0 Å². The molecule has 1 unspecified atom stereocenters. The van der Waals surface area contributed by atoms with Crippen molar-refractivity contribution in [2.45, 2.75) is 25.1 Å². The molecule has 0 spiro atoms. The van der Waals surface area contributed by atoms with E-state index >= 15 is 0 Å². The van der Waals surface area contributed by atoms with Crippen LogP contribution in [0.3, 0.4) is 0 Å². The number of aliphatic carboxylic acids is 1. The zero-order valence-corrected chi connectivity index (χ0v) is 8.95. The van der Waals surface area contributed by atoms with Crippen LogP contribution in [0, 0.1) is 0 Å². The molecule has 6 heteroatoms. The lowest BCUT2D eigenvalue weighted by Gasteiger charge is -2.20. The van der Waals surface area contributed by atoms with E-state index in [-0.39, 0.29) is 5.56 Å². The Morgan fingerprint density at radius 2 is 1.82 bits per heavy atom. The van der Waals surface area contributed by atoms with Gasteiger partial charge in [-0.1, -0.05) is 18.2 Å². The Labute approximate surface area is 95.5 Å². The summed E-state index contributed by atoms with van der Waals surface area (Å²) in [6.45, 7) is 0.961. The Morgan fingerprint density at radius 1 is 1.29 bits per heavy atom. The average molecular weight is 248 g/mol. The van der Waals surface area contributed by atoms with Crippen LogP contribution in [-0.4, -0.2) is 21.8 Å². The van der Waals surface area contributed by atoms with Crippen molar-refractivity contribution in [1.29, 1.82) is 0 Å². The molecule has 0 amide bonds. The van der Waals surface area contributed by atoms with Crippen LogP contribution in [0.4, 0.5) is 13.2 Å². The van der Waals surface area contributed by atoms with Gasteiger partial charge in [-0.2, -0.15) is 13.2 Å².